The number of rotatable bonds is 0. The fourth-order valence-electron chi connectivity index (χ4n) is 1.17. The third-order valence-electron chi connectivity index (χ3n) is 1.75. The van der Waals surface area contributed by atoms with Crippen LogP contribution in [-0.2, 0) is 4.74 Å². The van der Waals surface area contributed by atoms with Gasteiger partial charge < -0.3 is 10.5 Å². The van der Waals surface area contributed by atoms with Crippen LogP contribution in [0.2, 0.25) is 0 Å². The summed E-state index contributed by atoms with van der Waals surface area (Å²) in [6.45, 7) is 0. The van der Waals surface area contributed by atoms with Crippen LogP contribution in [0.4, 0.5) is 5.69 Å². The SMILES string of the molecule is Nc1ccc2c(c1)C(=O)O[C@@H]2Br. The molecule has 1 aromatic carbocycles. The van der Waals surface area contributed by atoms with E-state index in [9.17, 15) is 4.79 Å². The summed E-state index contributed by atoms with van der Waals surface area (Å²) < 4.78 is 4.91. The molecule has 1 aliphatic heterocycles. The number of carbonyl (C=O) groups is 1. The van der Waals surface area contributed by atoms with Gasteiger partial charge in [-0.15, -0.1) is 0 Å². The predicted molar refractivity (Wildman–Crippen MR) is 47.9 cm³/mol. The van der Waals surface area contributed by atoms with Crippen LogP contribution in [0.3, 0.4) is 0 Å². The van der Waals surface area contributed by atoms with E-state index in [0.717, 1.165) is 5.56 Å². The first-order valence-corrected chi connectivity index (χ1v) is 4.34. The molecule has 0 aromatic heterocycles. The van der Waals surface area contributed by atoms with Crippen LogP contribution in [0, 0.1) is 0 Å². The van der Waals surface area contributed by atoms with E-state index in [-0.39, 0.29) is 11.0 Å². The number of alkyl halides is 1. The lowest BCUT2D eigenvalue weighted by Gasteiger charge is -1.99. The maximum atomic E-state index is 11.1. The second-order valence-electron chi connectivity index (χ2n) is 2.57. The minimum absolute atomic E-state index is 0.319. The average molecular weight is 228 g/mol. The number of carbonyl (C=O) groups excluding carboxylic acids is 1. The molecule has 1 atom stereocenters. The third kappa shape index (κ3) is 0.992. The molecule has 2 rings (SSSR count). The Hall–Kier alpha value is -1.03. The zero-order valence-electron chi connectivity index (χ0n) is 6.08. The van der Waals surface area contributed by atoms with E-state index < -0.39 is 0 Å². The van der Waals surface area contributed by atoms with Crippen molar-refractivity contribution >= 4 is 27.6 Å². The van der Waals surface area contributed by atoms with Crippen molar-refractivity contribution in [2.45, 2.75) is 5.01 Å². The van der Waals surface area contributed by atoms with E-state index in [1.54, 1.807) is 18.2 Å². The summed E-state index contributed by atoms with van der Waals surface area (Å²) in [7, 11) is 0. The van der Waals surface area contributed by atoms with Crippen molar-refractivity contribution in [1.29, 1.82) is 0 Å². The Balaban J connectivity index is 2.60. The Labute approximate surface area is 77.6 Å². The van der Waals surface area contributed by atoms with Crippen molar-refractivity contribution in [2.75, 3.05) is 5.73 Å². The molecule has 0 aliphatic carbocycles. The van der Waals surface area contributed by atoms with E-state index in [1.807, 2.05) is 0 Å². The second kappa shape index (κ2) is 2.48. The maximum Gasteiger partial charge on any atom is 0.340 e. The Bertz CT molecular complexity index is 351. The topological polar surface area (TPSA) is 52.3 Å². The molecule has 0 spiro atoms. The highest BCUT2D eigenvalue weighted by molar-refractivity contribution is 9.09. The first-order chi connectivity index (χ1) is 5.68. The molecule has 0 fully saturated rings. The van der Waals surface area contributed by atoms with E-state index in [0.29, 0.717) is 11.3 Å². The van der Waals surface area contributed by atoms with Gasteiger partial charge in [0.1, 0.15) is 0 Å². The van der Waals surface area contributed by atoms with Crippen molar-refractivity contribution in [3.63, 3.8) is 0 Å². The summed E-state index contributed by atoms with van der Waals surface area (Å²) in [5.41, 5.74) is 7.49. The largest absolute Gasteiger partial charge is 0.442 e. The van der Waals surface area contributed by atoms with Gasteiger partial charge in [-0.2, -0.15) is 0 Å². The number of ether oxygens (including phenoxy) is 1. The van der Waals surface area contributed by atoms with Gasteiger partial charge in [-0.25, -0.2) is 4.79 Å². The van der Waals surface area contributed by atoms with E-state index in [2.05, 4.69) is 15.9 Å². The lowest BCUT2D eigenvalue weighted by molar-refractivity contribution is 0.0530. The van der Waals surface area contributed by atoms with Gasteiger partial charge in [-0.05, 0) is 28.1 Å². The molecule has 3 nitrogen and oxygen atoms in total. The third-order valence-corrected chi connectivity index (χ3v) is 2.43. The second-order valence-corrected chi connectivity index (χ2v) is 3.40. The highest BCUT2D eigenvalue weighted by atomic mass is 79.9. The number of nitrogen functional groups attached to an aromatic ring is 1. The van der Waals surface area contributed by atoms with Crippen LogP contribution in [0.25, 0.3) is 0 Å². The van der Waals surface area contributed by atoms with Crippen molar-refractivity contribution in [2.24, 2.45) is 0 Å². The molecule has 1 heterocycles. The molecule has 0 amide bonds. The van der Waals surface area contributed by atoms with Gasteiger partial charge in [0.2, 0.25) is 0 Å². The summed E-state index contributed by atoms with van der Waals surface area (Å²) in [4.78, 5) is 11.1. The number of halogens is 1. The fraction of sp³-hybridized carbons (Fsp3) is 0.125. The molecule has 0 bridgehead atoms. The number of esters is 1. The van der Waals surface area contributed by atoms with Crippen molar-refractivity contribution in [1.82, 2.24) is 0 Å². The Morgan fingerprint density at radius 2 is 2.25 bits per heavy atom. The number of hydrogen-bond acceptors (Lipinski definition) is 3. The standard InChI is InChI=1S/C8H6BrNO2/c9-7-5-2-1-4(10)3-6(5)8(11)12-7/h1-3,7H,10H2/t7-/m0/s1. The van der Waals surface area contributed by atoms with Crippen LogP contribution >= 0.6 is 15.9 Å². The van der Waals surface area contributed by atoms with Crippen LogP contribution in [0.1, 0.15) is 20.9 Å². The lowest BCUT2D eigenvalue weighted by atomic mass is 10.1. The van der Waals surface area contributed by atoms with Gasteiger partial charge in [0.05, 0.1) is 5.56 Å². The number of hydrogen-bond donors (Lipinski definition) is 1. The number of anilines is 1. The van der Waals surface area contributed by atoms with Gasteiger partial charge in [0.25, 0.3) is 0 Å². The van der Waals surface area contributed by atoms with Gasteiger partial charge in [-0.1, -0.05) is 6.07 Å². The summed E-state index contributed by atoms with van der Waals surface area (Å²) in [5, 5.41) is -0.319. The number of benzene rings is 1. The van der Waals surface area contributed by atoms with Crippen LogP contribution < -0.4 is 5.73 Å². The Morgan fingerprint density at radius 3 is 3.00 bits per heavy atom. The lowest BCUT2D eigenvalue weighted by Crippen LogP contribution is -1.95. The van der Waals surface area contributed by atoms with E-state index in [4.69, 9.17) is 10.5 Å². The zero-order chi connectivity index (χ0) is 8.72. The zero-order valence-corrected chi connectivity index (χ0v) is 7.67. The monoisotopic (exact) mass is 227 g/mol. The molecule has 1 aliphatic rings. The van der Waals surface area contributed by atoms with E-state index >= 15 is 0 Å². The normalized spacial score (nSPS) is 20.4. The maximum absolute atomic E-state index is 11.1. The fourth-order valence-corrected chi connectivity index (χ4v) is 1.74. The van der Waals surface area contributed by atoms with Crippen LogP contribution in [0.5, 0.6) is 0 Å². The first kappa shape index (κ1) is 7.61. The molecule has 0 saturated heterocycles. The number of cyclic esters (lactones) is 1. The highest BCUT2D eigenvalue weighted by Crippen LogP contribution is 2.35. The molecule has 2 N–H and O–H groups in total. The molecule has 12 heavy (non-hydrogen) atoms. The van der Waals surface area contributed by atoms with Crippen molar-refractivity contribution in [3.05, 3.63) is 29.3 Å². The Kier molecular flexibility index (Phi) is 1.58. The quantitative estimate of drug-likeness (QED) is 0.418. The average Bonchev–Trinajstić information content (AvgIpc) is 2.28. The molecule has 1 aromatic rings. The summed E-state index contributed by atoms with van der Waals surface area (Å²) >= 11 is 3.22. The summed E-state index contributed by atoms with van der Waals surface area (Å²) in [6.07, 6.45) is 0. The van der Waals surface area contributed by atoms with Crippen LogP contribution in [0.15, 0.2) is 18.2 Å². The molecule has 0 saturated carbocycles. The molecular formula is C8H6BrNO2. The van der Waals surface area contributed by atoms with Gasteiger partial charge in [0, 0.05) is 11.3 Å². The summed E-state index contributed by atoms with van der Waals surface area (Å²) in [5.74, 6) is -0.320. The minimum Gasteiger partial charge on any atom is -0.442 e. The van der Waals surface area contributed by atoms with Crippen molar-refractivity contribution < 1.29 is 9.53 Å². The molecule has 0 unspecified atom stereocenters. The highest BCUT2D eigenvalue weighted by Gasteiger charge is 2.28. The predicted octanol–water partition coefficient (Wildman–Crippen LogP) is 1.83. The minimum atomic E-state index is -0.320. The molecule has 62 valence electrons. The number of nitrogens with two attached hydrogens (primary N) is 1. The summed E-state index contributed by atoms with van der Waals surface area (Å²) in [6, 6.07) is 5.16. The van der Waals surface area contributed by atoms with Gasteiger partial charge in [0.15, 0.2) is 5.01 Å². The molecule has 4 heteroatoms. The van der Waals surface area contributed by atoms with Crippen LogP contribution in [-0.4, -0.2) is 5.97 Å². The van der Waals surface area contributed by atoms with Crippen molar-refractivity contribution in [3.8, 4) is 0 Å². The van der Waals surface area contributed by atoms with E-state index in [1.165, 1.54) is 0 Å². The number of fused-ring (bicyclic) bond motifs is 1. The first-order valence-electron chi connectivity index (χ1n) is 3.43. The Morgan fingerprint density at radius 1 is 1.50 bits per heavy atom. The molecule has 0 radical (unpaired) electrons. The smallest absolute Gasteiger partial charge is 0.340 e. The molecular weight excluding hydrogens is 222 g/mol. The van der Waals surface area contributed by atoms with Gasteiger partial charge in [-0.3, -0.25) is 0 Å². The van der Waals surface area contributed by atoms with Gasteiger partial charge >= 0.3 is 5.97 Å².